The molecule has 42 valence electrons. The summed E-state index contributed by atoms with van der Waals surface area (Å²) in [5.41, 5.74) is 0. The van der Waals surface area contributed by atoms with Crippen LogP contribution in [0, 0.1) is 12.0 Å². The molecule has 0 amide bonds. The second-order valence-electron chi connectivity index (χ2n) is 0.762. The second kappa shape index (κ2) is 8.99. The molecule has 0 bridgehead atoms. The number of hydrogen-bond donors (Lipinski definition) is 2. The molecule has 0 aromatic heterocycles. The fourth-order valence-corrected chi connectivity index (χ4v) is 0.112. The molecule has 0 spiro atoms. The Kier molecular flexibility index (Phi) is 12.3. The Bertz CT molecular complexity index is 68.7. The molecule has 0 radical (unpaired) electrons. The lowest BCUT2D eigenvalue weighted by Gasteiger charge is -1.71. The van der Waals surface area contributed by atoms with Gasteiger partial charge in [-0.3, -0.25) is 0 Å². The van der Waals surface area contributed by atoms with E-state index in [1.807, 2.05) is 0 Å². The van der Waals surface area contributed by atoms with Gasteiger partial charge in [-0.15, -0.1) is 0 Å². The summed E-state index contributed by atoms with van der Waals surface area (Å²) in [5.74, 6) is 2.25. The second-order valence-corrected chi connectivity index (χ2v) is 0.762. The zero-order chi connectivity index (χ0) is 4.83. The van der Waals surface area contributed by atoms with Gasteiger partial charge >= 0.3 is 0 Å². The summed E-state index contributed by atoms with van der Waals surface area (Å²) >= 11 is 0. The Morgan fingerprint density at radius 3 is 2.14 bits per heavy atom. The van der Waals surface area contributed by atoms with Crippen molar-refractivity contribution in [2.75, 3.05) is 6.61 Å². The van der Waals surface area contributed by atoms with Gasteiger partial charge in [-0.1, -0.05) is 5.92 Å². The minimum absolute atomic E-state index is 0. The lowest BCUT2D eigenvalue weighted by atomic mass is 10.5. The van der Waals surface area contributed by atoms with Crippen LogP contribution in [0.3, 0.4) is 0 Å². The molecule has 0 rings (SSSR count). The summed E-state index contributed by atoms with van der Waals surface area (Å²) in [6, 6.07) is 0. The van der Waals surface area contributed by atoms with Crippen LogP contribution in [0.2, 0.25) is 0 Å². The van der Waals surface area contributed by atoms with E-state index >= 15 is 0 Å². The van der Waals surface area contributed by atoms with Crippen LogP contribution in [0.1, 0.15) is 6.42 Å². The molecule has 0 aliphatic heterocycles. The van der Waals surface area contributed by atoms with Crippen LogP contribution in [0.25, 0.3) is 0 Å². The highest BCUT2D eigenvalue weighted by Crippen LogP contribution is 1.64. The van der Waals surface area contributed by atoms with E-state index in [4.69, 9.17) is 10.2 Å². The fraction of sp³-hybridized carbons (Fsp3) is 0.500. The first-order chi connectivity index (χ1) is 2.91. The lowest BCUT2D eigenvalue weighted by Crippen LogP contribution is -1.74. The largest absolute Gasteiger partial charge is 0.462 e. The zero-order valence-electron chi connectivity index (χ0n) is 3.81. The van der Waals surface area contributed by atoms with Gasteiger partial charge in [0.25, 0.3) is 0 Å². The van der Waals surface area contributed by atoms with Crippen molar-refractivity contribution in [3.05, 3.63) is 0 Å². The molecule has 3 nitrogen and oxygen atoms in total. The van der Waals surface area contributed by atoms with Crippen molar-refractivity contribution in [1.29, 1.82) is 0 Å². The average Bonchev–Trinajstić information content (AvgIpc) is 1.61. The summed E-state index contributed by atoms with van der Waals surface area (Å²) < 4.78 is 0. The first-order valence-electron chi connectivity index (χ1n) is 1.64. The Morgan fingerprint density at radius 2 is 2.00 bits per heavy atom. The molecule has 0 fully saturated rings. The fourth-order valence-electron chi connectivity index (χ4n) is 0.112. The van der Waals surface area contributed by atoms with Gasteiger partial charge in [0.05, 0.1) is 6.61 Å². The minimum atomic E-state index is 0. The molecule has 0 saturated carbocycles. The molecule has 0 unspecified atom stereocenters. The molecule has 0 saturated heterocycles. The lowest BCUT2D eigenvalue weighted by molar-refractivity contribution is 0.304. The van der Waals surface area contributed by atoms with E-state index in [0.717, 1.165) is 0 Å². The van der Waals surface area contributed by atoms with E-state index in [2.05, 4.69) is 5.92 Å². The van der Waals surface area contributed by atoms with E-state index < -0.39 is 0 Å². The molecular formula is C4H8O3. The molecule has 3 heteroatoms. The van der Waals surface area contributed by atoms with E-state index in [0.29, 0.717) is 6.42 Å². The Balaban J connectivity index is 0. The molecule has 7 heavy (non-hydrogen) atoms. The smallest absolute Gasteiger partial charge is 0.107 e. The Labute approximate surface area is 41.9 Å². The van der Waals surface area contributed by atoms with Gasteiger partial charge in [-0.2, -0.15) is 0 Å². The third-order valence-electron chi connectivity index (χ3n) is 0.316. The van der Waals surface area contributed by atoms with Gasteiger partial charge < -0.3 is 15.7 Å². The maximum atomic E-state index is 7.98. The normalized spacial score (nSPS) is 5.29. The van der Waals surface area contributed by atoms with E-state index in [9.17, 15) is 0 Å². The third kappa shape index (κ3) is 10.9. The topological polar surface area (TPSA) is 72.0 Å². The van der Waals surface area contributed by atoms with Crippen molar-refractivity contribution >= 4 is 0 Å². The summed E-state index contributed by atoms with van der Waals surface area (Å²) in [7, 11) is 0. The van der Waals surface area contributed by atoms with Crippen molar-refractivity contribution in [3.63, 3.8) is 0 Å². The maximum Gasteiger partial charge on any atom is 0.107 e. The van der Waals surface area contributed by atoms with Gasteiger partial charge in [0.2, 0.25) is 0 Å². The zero-order valence-corrected chi connectivity index (χ0v) is 3.81. The van der Waals surface area contributed by atoms with E-state index in [1.54, 1.807) is 6.11 Å². The predicted octanol–water partition coefficient (Wildman–Crippen LogP) is -1.12. The van der Waals surface area contributed by atoms with Crippen LogP contribution in [0.4, 0.5) is 0 Å². The van der Waals surface area contributed by atoms with E-state index in [1.165, 1.54) is 0 Å². The average molecular weight is 104 g/mol. The first kappa shape index (κ1) is 9.56. The first-order valence-corrected chi connectivity index (χ1v) is 1.64. The highest BCUT2D eigenvalue weighted by Gasteiger charge is 1.65. The highest BCUT2D eigenvalue weighted by molar-refractivity contribution is 4.88. The quantitative estimate of drug-likeness (QED) is 0.413. The Hall–Kier alpha value is -0.720. The van der Waals surface area contributed by atoms with Crippen molar-refractivity contribution < 1.29 is 15.7 Å². The van der Waals surface area contributed by atoms with Crippen LogP contribution in [0.15, 0.2) is 0 Å². The molecule has 4 N–H and O–H groups in total. The van der Waals surface area contributed by atoms with Gasteiger partial charge in [0, 0.05) is 6.42 Å². The number of aliphatic hydroxyl groups is 2. The van der Waals surface area contributed by atoms with Crippen molar-refractivity contribution in [1.82, 2.24) is 0 Å². The number of hydrogen-bond acceptors (Lipinski definition) is 2. The van der Waals surface area contributed by atoms with E-state index in [-0.39, 0.29) is 12.1 Å². The number of aliphatic hydroxyl groups excluding tert-OH is 2. The van der Waals surface area contributed by atoms with Crippen LogP contribution in [-0.2, 0) is 0 Å². The molecule has 0 aliphatic rings. The monoisotopic (exact) mass is 104 g/mol. The van der Waals surface area contributed by atoms with Gasteiger partial charge in [0.1, 0.15) is 6.11 Å². The maximum absolute atomic E-state index is 7.98. The summed E-state index contributed by atoms with van der Waals surface area (Å²) in [4.78, 5) is 0. The molecule has 0 aliphatic carbocycles. The van der Waals surface area contributed by atoms with Crippen molar-refractivity contribution in [2.45, 2.75) is 6.42 Å². The predicted molar refractivity (Wildman–Crippen MR) is 25.0 cm³/mol. The number of rotatable bonds is 1. The summed E-state index contributed by atoms with van der Waals surface area (Å²) in [5, 5.41) is 15.7. The SMILES string of the molecule is O.OC#CCCO. The molecule has 0 heterocycles. The van der Waals surface area contributed by atoms with Gasteiger partial charge in [0.15, 0.2) is 0 Å². The third-order valence-corrected chi connectivity index (χ3v) is 0.316. The molecule has 0 aromatic carbocycles. The van der Waals surface area contributed by atoms with Crippen LogP contribution in [0.5, 0.6) is 0 Å². The van der Waals surface area contributed by atoms with Crippen LogP contribution < -0.4 is 0 Å². The standard InChI is InChI=1S/C4H6O2.H2O/c5-3-1-2-4-6;/h5-6H,1,3H2;1H2. The molecule has 0 aromatic rings. The van der Waals surface area contributed by atoms with Gasteiger partial charge in [-0.05, 0) is 0 Å². The van der Waals surface area contributed by atoms with Crippen LogP contribution in [-0.4, -0.2) is 22.3 Å². The van der Waals surface area contributed by atoms with Crippen LogP contribution >= 0.6 is 0 Å². The van der Waals surface area contributed by atoms with Crippen molar-refractivity contribution in [3.8, 4) is 12.0 Å². The van der Waals surface area contributed by atoms with Gasteiger partial charge in [-0.25, -0.2) is 0 Å². The molecule has 0 atom stereocenters. The summed E-state index contributed by atoms with van der Waals surface area (Å²) in [6.45, 7) is 0.0214. The Morgan fingerprint density at radius 1 is 1.43 bits per heavy atom. The van der Waals surface area contributed by atoms with Crippen molar-refractivity contribution in [2.24, 2.45) is 0 Å². The summed E-state index contributed by atoms with van der Waals surface area (Å²) in [6.07, 6.45) is 2.02. The molecular weight excluding hydrogens is 96.0 g/mol. The highest BCUT2D eigenvalue weighted by atomic mass is 16.3. The minimum Gasteiger partial charge on any atom is -0.462 e.